The fraction of sp³-hybridized carbons (Fsp3) is 0.318. The monoisotopic (exact) mass is 457 g/mol. The van der Waals surface area contributed by atoms with E-state index < -0.39 is 20.6 Å². The summed E-state index contributed by atoms with van der Waals surface area (Å²) in [6, 6.07) is 10.3. The molecule has 0 radical (unpaired) electrons. The number of hydrogen-bond acceptors (Lipinski definition) is 7. The van der Waals surface area contributed by atoms with Crippen LogP contribution in [0.4, 0.5) is 5.69 Å². The van der Waals surface area contributed by atoms with Crippen molar-refractivity contribution in [2.45, 2.75) is 25.3 Å². The zero-order chi connectivity index (χ0) is 23.0. The van der Waals surface area contributed by atoms with Crippen molar-refractivity contribution in [2.24, 2.45) is 0 Å². The van der Waals surface area contributed by atoms with Gasteiger partial charge in [-0.1, -0.05) is 0 Å². The fourth-order valence-electron chi connectivity index (χ4n) is 3.87. The summed E-state index contributed by atoms with van der Waals surface area (Å²) in [5.74, 6) is 0. The molecule has 2 heterocycles. The predicted molar refractivity (Wildman–Crippen MR) is 119 cm³/mol. The summed E-state index contributed by atoms with van der Waals surface area (Å²) < 4.78 is 32.6. The summed E-state index contributed by atoms with van der Waals surface area (Å²) in [5.41, 5.74) is 2.99. The standard InChI is InChI=1S/C22H23N3O6S/c1-15-11-20-17(13-22(26)31-21(20)12-16(15)2)14-23-7-9-24(10-8-23)32(29,30)19-5-3-18(4-6-19)25(27)28/h3-6,11-13H,7-10,14H2,1-2H3. The van der Waals surface area contributed by atoms with Gasteiger partial charge in [0.2, 0.25) is 10.0 Å². The molecule has 32 heavy (non-hydrogen) atoms. The van der Waals surface area contributed by atoms with Crippen LogP contribution in [0.25, 0.3) is 11.0 Å². The van der Waals surface area contributed by atoms with E-state index in [4.69, 9.17) is 4.42 Å². The number of hydrogen-bond donors (Lipinski definition) is 0. The first-order valence-electron chi connectivity index (χ1n) is 10.2. The third-order valence-corrected chi connectivity index (χ3v) is 7.77. The minimum absolute atomic E-state index is 0.0362. The van der Waals surface area contributed by atoms with E-state index in [1.807, 2.05) is 26.0 Å². The van der Waals surface area contributed by atoms with Crippen molar-refractivity contribution >= 4 is 26.7 Å². The van der Waals surface area contributed by atoms with Crippen LogP contribution >= 0.6 is 0 Å². The van der Waals surface area contributed by atoms with Crippen molar-refractivity contribution < 1.29 is 17.8 Å². The van der Waals surface area contributed by atoms with E-state index in [1.54, 1.807) is 0 Å². The molecule has 0 N–H and O–H groups in total. The van der Waals surface area contributed by atoms with Crippen LogP contribution in [0.2, 0.25) is 0 Å². The van der Waals surface area contributed by atoms with Crippen LogP contribution in [0.3, 0.4) is 0 Å². The summed E-state index contributed by atoms with van der Waals surface area (Å²) in [6.07, 6.45) is 0. The van der Waals surface area contributed by atoms with Crippen molar-refractivity contribution in [1.29, 1.82) is 0 Å². The van der Waals surface area contributed by atoms with Crippen LogP contribution in [-0.4, -0.2) is 48.7 Å². The molecule has 0 amide bonds. The van der Waals surface area contributed by atoms with Gasteiger partial charge in [0.25, 0.3) is 5.69 Å². The first-order chi connectivity index (χ1) is 15.1. The Hall–Kier alpha value is -3.08. The molecule has 0 aliphatic carbocycles. The normalized spacial score (nSPS) is 15.8. The molecule has 1 aliphatic heterocycles. The van der Waals surface area contributed by atoms with Gasteiger partial charge in [-0.05, 0) is 54.8 Å². The lowest BCUT2D eigenvalue weighted by molar-refractivity contribution is -0.384. The largest absolute Gasteiger partial charge is 0.423 e. The molecule has 3 aromatic rings. The SMILES string of the molecule is Cc1cc2oc(=O)cc(CN3CCN(S(=O)(=O)c4ccc([N+](=O)[O-])cc4)CC3)c2cc1C. The zero-order valence-electron chi connectivity index (χ0n) is 17.8. The average molecular weight is 458 g/mol. The van der Waals surface area contributed by atoms with E-state index in [0.29, 0.717) is 25.2 Å². The molecule has 0 spiro atoms. The fourth-order valence-corrected chi connectivity index (χ4v) is 5.29. The molecule has 1 saturated heterocycles. The lowest BCUT2D eigenvalue weighted by atomic mass is 10.0. The number of non-ortho nitro benzene ring substituents is 1. The molecule has 168 valence electrons. The molecule has 2 aromatic carbocycles. The summed E-state index contributed by atoms with van der Waals surface area (Å²) in [4.78, 5) is 24.4. The van der Waals surface area contributed by atoms with Crippen LogP contribution in [0.5, 0.6) is 0 Å². The highest BCUT2D eigenvalue weighted by molar-refractivity contribution is 7.89. The Labute approximate surface area is 185 Å². The average Bonchev–Trinajstić information content (AvgIpc) is 2.75. The summed E-state index contributed by atoms with van der Waals surface area (Å²) >= 11 is 0. The Kier molecular flexibility index (Phi) is 5.85. The van der Waals surface area contributed by atoms with Gasteiger partial charge in [-0.2, -0.15) is 4.31 Å². The zero-order valence-corrected chi connectivity index (χ0v) is 18.6. The second kappa shape index (κ2) is 8.45. The molecule has 9 nitrogen and oxygen atoms in total. The van der Waals surface area contributed by atoms with Crippen molar-refractivity contribution in [3.63, 3.8) is 0 Å². The number of sulfonamides is 1. The number of nitro benzene ring substituents is 1. The summed E-state index contributed by atoms with van der Waals surface area (Å²) in [7, 11) is -3.73. The molecule has 0 saturated carbocycles. The Morgan fingerprint density at radius 3 is 2.25 bits per heavy atom. The maximum atomic E-state index is 12.9. The quantitative estimate of drug-likeness (QED) is 0.329. The first kappa shape index (κ1) is 22.1. The van der Waals surface area contributed by atoms with Gasteiger partial charge in [0.05, 0.1) is 9.82 Å². The smallest absolute Gasteiger partial charge is 0.336 e. The molecule has 1 fully saturated rings. The minimum Gasteiger partial charge on any atom is -0.423 e. The molecule has 0 atom stereocenters. The van der Waals surface area contributed by atoms with Crippen LogP contribution in [0.15, 0.2) is 56.6 Å². The van der Waals surface area contributed by atoms with Gasteiger partial charge in [-0.15, -0.1) is 0 Å². The molecule has 1 aromatic heterocycles. The number of piperazine rings is 1. The molecule has 4 rings (SSSR count). The highest BCUT2D eigenvalue weighted by atomic mass is 32.2. The van der Waals surface area contributed by atoms with Crippen molar-refractivity contribution in [3.05, 3.63) is 79.7 Å². The van der Waals surface area contributed by atoms with Gasteiger partial charge < -0.3 is 4.42 Å². The molecule has 0 unspecified atom stereocenters. The van der Waals surface area contributed by atoms with E-state index in [1.165, 1.54) is 34.6 Å². The lowest BCUT2D eigenvalue weighted by Crippen LogP contribution is -2.48. The van der Waals surface area contributed by atoms with E-state index in [-0.39, 0.29) is 23.7 Å². The highest BCUT2D eigenvalue weighted by Crippen LogP contribution is 2.24. The molecular weight excluding hydrogens is 434 g/mol. The Morgan fingerprint density at radius 2 is 1.62 bits per heavy atom. The van der Waals surface area contributed by atoms with Gasteiger partial charge >= 0.3 is 5.63 Å². The Bertz CT molecular complexity index is 1340. The van der Waals surface area contributed by atoms with E-state index >= 15 is 0 Å². The molecular formula is C22H23N3O6S. The van der Waals surface area contributed by atoms with Gasteiger partial charge in [0, 0.05) is 56.3 Å². The van der Waals surface area contributed by atoms with E-state index in [9.17, 15) is 23.3 Å². The third kappa shape index (κ3) is 4.29. The number of nitrogens with zero attached hydrogens (tertiary/aromatic N) is 3. The van der Waals surface area contributed by atoms with Crippen LogP contribution in [-0.2, 0) is 16.6 Å². The molecule has 0 bridgehead atoms. The minimum atomic E-state index is -3.73. The van der Waals surface area contributed by atoms with E-state index in [0.717, 1.165) is 22.1 Å². The summed E-state index contributed by atoms with van der Waals surface area (Å²) in [5, 5.41) is 11.7. The van der Waals surface area contributed by atoms with Crippen LogP contribution in [0, 0.1) is 24.0 Å². The number of fused-ring (bicyclic) bond motifs is 1. The number of nitro groups is 1. The first-order valence-corrected chi connectivity index (χ1v) is 11.6. The van der Waals surface area contributed by atoms with Crippen LogP contribution < -0.4 is 5.63 Å². The maximum Gasteiger partial charge on any atom is 0.336 e. The summed E-state index contributed by atoms with van der Waals surface area (Å²) in [6.45, 7) is 6.05. The molecule has 1 aliphatic rings. The maximum absolute atomic E-state index is 12.9. The lowest BCUT2D eigenvalue weighted by Gasteiger charge is -2.34. The number of benzene rings is 2. The van der Waals surface area contributed by atoms with Crippen molar-refractivity contribution in [1.82, 2.24) is 9.21 Å². The second-order valence-electron chi connectivity index (χ2n) is 7.95. The Balaban J connectivity index is 1.49. The third-order valence-electron chi connectivity index (χ3n) is 5.86. The topological polar surface area (TPSA) is 114 Å². The predicted octanol–water partition coefficient (Wildman–Crippen LogP) is 2.82. The van der Waals surface area contributed by atoms with Gasteiger partial charge in [-0.25, -0.2) is 13.2 Å². The van der Waals surface area contributed by atoms with E-state index in [2.05, 4.69) is 4.90 Å². The van der Waals surface area contributed by atoms with Gasteiger partial charge in [-0.3, -0.25) is 15.0 Å². The highest BCUT2D eigenvalue weighted by Gasteiger charge is 2.29. The van der Waals surface area contributed by atoms with Gasteiger partial charge in [0.1, 0.15) is 5.58 Å². The van der Waals surface area contributed by atoms with Gasteiger partial charge in [0.15, 0.2) is 0 Å². The van der Waals surface area contributed by atoms with Crippen LogP contribution in [0.1, 0.15) is 16.7 Å². The number of rotatable bonds is 5. The van der Waals surface area contributed by atoms with Crippen molar-refractivity contribution in [3.8, 4) is 0 Å². The van der Waals surface area contributed by atoms with Crippen molar-refractivity contribution in [2.75, 3.05) is 26.2 Å². The number of aryl methyl sites for hydroxylation is 2. The molecule has 10 heteroatoms. The Morgan fingerprint density at radius 1 is 1.00 bits per heavy atom. The second-order valence-corrected chi connectivity index (χ2v) is 9.89.